The normalized spacial score (nSPS) is 11.5. The van der Waals surface area contributed by atoms with E-state index in [2.05, 4.69) is 5.32 Å². The third-order valence-corrected chi connectivity index (χ3v) is 3.74. The molecule has 2 aromatic carbocycles. The van der Waals surface area contributed by atoms with Gasteiger partial charge in [0.15, 0.2) is 6.10 Å². The summed E-state index contributed by atoms with van der Waals surface area (Å²) in [5.41, 5.74) is 0.426. The summed E-state index contributed by atoms with van der Waals surface area (Å²) < 4.78 is 16.0. The first-order chi connectivity index (χ1) is 11.4. The molecule has 1 atom stereocenters. The largest absolute Gasteiger partial charge is 0.495 e. The zero-order valence-electron chi connectivity index (χ0n) is 13.4. The number of methoxy groups -OCH3 is 2. The Labute approximate surface area is 150 Å². The number of benzene rings is 2. The molecule has 0 spiro atoms. The third kappa shape index (κ3) is 4.46. The number of amides is 1. The van der Waals surface area contributed by atoms with Crippen LogP contribution in [0.1, 0.15) is 6.92 Å². The van der Waals surface area contributed by atoms with Gasteiger partial charge in [-0.15, -0.1) is 0 Å². The van der Waals surface area contributed by atoms with E-state index in [1.165, 1.54) is 14.2 Å². The summed E-state index contributed by atoms with van der Waals surface area (Å²) in [5, 5.41) is 3.62. The molecule has 0 aliphatic rings. The molecule has 0 radical (unpaired) electrons. The van der Waals surface area contributed by atoms with E-state index in [1.807, 2.05) is 0 Å². The van der Waals surface area contributed by atoms with Crippen LogP contribution in [0.3, 0.4) is 0 Å². The van der Waals surface area contributed by atoms with Gasteiger partial charge < -0.3 is 19.5 Å². The number of halogens is 2. The van der Waals surface area contributed by atoms with Crippen LogP contribution >= 0.6 is 23.2 Å². The molecule has 0 fully saturated rings. The summed E-state index contributed by atoms with van der Waals surface area (Å²) in [4.78, 5) is 12.3. The van der Waals surface area contributed by atoms with Gasteiger partial charge in [-0.1, -0.05) is 29.3 Å². The highest BCUT2D eigenvalue weighted by Crippen LogP contribution is 2.36. The topological polar surface area (TPSA) is 56.8 Å². The minimum atomic E-state index is -0.742. The van der Waals surface area contributed by atoms with Crippen molar-refractivity contribution in [3.63, 3.8) is 0 Å². The van der Waals surface area contributed by atoms with Crippen LogP contribution in [0.4, 0.5) is 5.69 Å². The monoisotopic (exact) mass is 369 g/mol. The van der Waals surface area contributed by atoms with Crippen molar-refractivity contribution in [1.82, 2.24) is 0 Å². The van der Waals surface area contributed by atoms with Gasteiger partial charge in [-0.2, -0.15) is 0 Å². The molecule has 0 saturated carbocycles. The number of ether oxygens (including phenoxy) is 3. The summed E-state index contributed by atoms with van der Waals surface area (Å²) in [5.74, 6) is 1.04. The molecule has 0 aliphatic heterocycles. The average Bonchev–Trinajstić information content (AvgIpc) is 2.55. The molecule has 5 nitrogen and oxygen atoms in total. The van der Waals surface area contributed by atoms with Crippen molar-refractivity contribution >= 4 is 34.8 Å². The van der Waals surface area contributed by atoms with E-state index >= 15 is 0 Å². The predicted octanol–water partition coefficient (Wildman–Crippen LogP) is 4.42. The maximum Gasteiger partial charge on any atom is 0.265 e. The number of anilines is 1. The van der Waals surface area contributed by atoms with Gasteiger partial charge in [0.2, 0.25) is 0 Å². The van der Waals surface area contributed by atoms with Crippen LogP contribution in [-0.4, -0.2) is 26.2 Å². The first-order valence-corrected chi connectivity index (χ1v) is 7.84. The number of carbonyl (C=O) groups excluding carboxylic acids is 1. The lowest BCUT2D eigenvalue weighted by Crippen LogP contribution is -2.30. The van der Waals surface area contributed by atoms with Crippen molar-refractivity contribution in [2.45, 2.75) is 13.0 Å². The van der Waals surface area contributed by atoms with Crippen LogP contribution in [0, 0.1) is 0 Å². The summed E-state index contributed by atoms with van der Waals surface area (Å²) >= 11 is 12.0. The van der Waals surface area contributed by atoms with Gasteiger partial charge in [-0.05, 0) is 31.2 Å². The Balaban J connectivity index is 2.12. The van der Waals surface area contributed by atoms with Crippen LogP contribution in [0.25, 0.3) is 0 Å². The van der Waals surface area contributed by atoms with Crippen LogP contribution in [0.5, 0.6) is 17.2 Å². The molecule has 1 unspecified atom stereocenters. The number of nitrogens with one attached hydrogen (secondary N) is 1. The fraction of sp³-hybridized carbons (Fsp3) is 0.235. The van der Waals surface area contributed by atoms with Crippen molar-refractivity contribution in [2.75, 3.05) is 19.5 Å². The Kier molecular flexibility index (Phi) is 6.17. The summed E-state index contributed by atoms with van der Waals surface area (Å²) in [7, 11) is 2.99. The molecule has 0 heterocycles. The Bertz CT molecular complexity index is 737. The third-order valence-electron chi connectivity index (χ3n) is 3.21. The number of rotatable bonds is 6. The minimum Gasteiger partial charge on any atom is -0.495 e. The quantitative estimate of drug-likeness (QED) is 0.818. The molecule has 1 N–H and O–H groups in total. The second kappa shape index (κ2) is 8.13. The maximum atomic E-state index is 12.3. The molecule has 0 saturated heterocycles. The SMILES string of the molecule is COc1cc(OC)c(NC(=O)C(C)Oc2cccc(Cl)c2)cc1Cl. The van der Waals surface area contributed by atoms with Gasteiger partial charge in [0, 0.05) is 11.1 Å². The van der Waals surface area contributed by atoms with E-state index in [4.69, 9.17) is 37.4 Å². The van der Waals surface area contributed by atoms with E-state index in [-0.39, 0.29) is 5.91 Å². The lowest BCUT2D eigenvalue weighted by molar-refractivity contribution is -0.122. The number of hydrogen-bond donors (Lipinski definition) is 1. The van der Waals surface area contributed by atoms with Crippen LogP contribution in [0.15, 0.2) is 36.4 Å². The molecule has 0 aliphatic carbocycles. The van der Waals surface area contributed by atoms with Crippen molar-refractivity contribution in [1.29, 1.82) is 0 Å². The van der Waals surface area contributed by atoms with Crippen molar-refractivity contribution in [3.8, 4) is 17.2 Å². The Morgan fingerprint density at radius 3 is 2.42 bits per heavy atom. The Hall–Kier alpha value is -2.11. The number of hydrogen-bond acceptors (Lipinski definition) is 4. The maximum absolute atomic E-state index is 12.3. The molecular weight excluding hydrogens is 353 g/mol. The van der Waals surface area contributed by atoms with Gasteiger partial charge >= 0.3 is 0 Å². The first kappa shape index (κ1) is 18.2. The second-order valence-corrected chi connectivity index (χ2v) is 5.74. The fourth-order valence-electron chi connectivity index (χ4n) is 1.99. The van der Waals surface area contributed by atoms with Crippen molar-refractivity contribution < 1.29 is 19.0 Å². The minimum absolute atomic E-state index is 0.352. The molecule has 128 valence electrons. The van der Waals surface area contributed by atoms with Crippen LogP contribution < -0.4 is 19.5 Å². The first-order valence-electron chi connectivity index (χ1n) is 7.09. The number of carbonyl (C=O) groups is 1. The zero-order chi connectivity index (χ0) is 17.7. The van der Waals surface area contributed by atoms with Crippen molar-refractivity contribution in [3.05, 3.63) is 46.4 Å². The molecule has 7 heteroatoms. The summed E-state index contributed by atoms with van der Waals surface area (Å²) in [6, 6.07) is 9.98. The van der Waals surface area contributed by atoms with E-state index in [9.17, 15) is 4.79 Å². The Morgan fingerprint density at radius 1 is 1.08 bits per heavy atom. The van der Waals surface area contributed by atoms with Gasteiger partial charge in [0.05, 0.1) is 24.9 Å². The fourth-order valence-corrected chi connectivity index (χ4v) is 2.41. The molecule has 0 aromatic heterocycles. The molecule has 0 bridgehead atoms. The molecule has 2 aromatic rings. The molecule has 1 amide bonds. The molecule has 24 heavy (non-hydrogen) atoms. The highest BCUT2D eigenvalue weighted by molar-refractivity contribution is 6.32. The van der Waals surface area contributed by atoms with E-state index in [0.717, 1.165) is 0 Å². The van der Waals surface area contributed by atoms with Gasteiger partial charge in [0.25, 0.3) is 5.91 Å². The van der Waals surface area contributed by atoms with E-state index in [1.54, 1.807) is 43.3 Å². The lowest BCUT2D eigenvalue weighted by Gasteiger charge is -2.17. The highest BCUT2D eigenvalue weighted by atomic mass is 35.5. The van der Waals surface area contributed by atoms with Crippen LogP contribution in [-0.2, 0) is 4.79 Å². The lowest BCUT2D eigenvalue weighted by atomic mass is 10.2. The molecular formula is C17H17Cl2NO4. The summed E-state index contributed by atoms with van der Waals surface area (Å²) in [6.45, 7) is 1.63. The van der Waals surface area contributed by atoms with Gasteiger partial charge in [-0.3, -0.25) is 4.79 Å². The standard InChI is InChI=1S/C17H17Cl2NO4/c1-10(24-12-6-4-5-11(18)7-12)17(21)20-14-8-13(19)15(22-2)9-16(14)23-3/h4-10H,1-3H3,(H,20,21). The smallest absolute Gasteiger partial charge is 0.265 e. The summed E-state index contributed by atoms with van der Waals surface area (Å²) in [6.07, 6.45) is -0.742. The van der Waals surface area contributed by atoms with Gasteiger partial charge in [0.1, 0.15) is 17.2 Å². The van der Waals surface area contributed by atoms with Crippen LogP contribution in [0.2, 0.25) is 10.0 Å². The Morgan fingerprint density at radius 2 is 1.79 bits per heavy atom. The highest BCUT2D eigenvalue weighted by Gasteiger charge is 2.18. The van der Waals surface area contributed by atoms with Gasteiger partial charge in [-0.25, -0.2) is 0 Å². The average molecular weight is 370 g/mol. The second-order valence-electron chi connectivity index (χ2n) is 4.89. The van der Waals surface area contributed by atoms with E-state index < -0.39 is 6.10 Å². The van der Waals surface area contributed by atoms with Crippen molar-refractivity contribution in [2.24, 2.45) is 0 Å². The molecule has 2 rings (SSSR count). The van der Waals surface area contributed by atoms with E-state index in [0.29, 0.717) is 33.0 Å². The zero-order valence-corrected chi connectivity index (χ0v) is 14.9. The predicted molar refractivity (Wildman–Crippen MR) is 94.7 cm³/mol.